The zero-order valence-electron chi connectivity index (χ0n) is 8.50. The monoisotopic (exact) mass is 225 g/mol. The summed E-state index contributed by atoms with van der Waals surface area (Å²) in [5.74, 6) is -0.822. The molecule has 0 spiro atoms. The minimum atomic E-state index is -0.677. The Bertz CT molecular complexity index is 478. The first-order valence-electron chi connectivity index (χ1n) is 4.62. The average Bonchev–Trinajstić information content (AvgIpc) is 2.65. The standard InChI is InChI=1S/C10H9F2N3O/c1-13-5-9-14-10(16-15-9)6-2-7(11)4-8(12)3-6/h2-4,13H,5H2,1H3. The Labute approximate surface area is 90.3 Å². The molecule has 0 fully saturated rings. The number of benzene rings is 1. The van der Waals surface area contributed by atoms with Crippen LogP contribution in [0.3, 0.4) is 0 Å². The van der Waals surface area contributed by atoms with Gasteiger partial charge in [-0.2, -0.15) is 4.98 Å². The molecular formula is C10H9F2N3O. The largest absolute Gasteiger partial charge is 0.334 e. The van der Waals surface area contributed by atoms with E-state index in [-0.39, 0.29) is 11.5 Å². The highest BCUT2D eigenvalue weighted by Gasteiger charge is 2.10. The van der Waals surface area contributed by atoms with Crippen molar-refractivity contribution in [3.8, 4) is 11.5 Å². The fourth-order valence-electron chi connectivity index (χ4n) is 1.28. The van der Waals surface area contributed by atoms with Crippen LogP contribution in [0.1, 0.15) is 5.82 Å². The number of halogens is 2. The second-order valence-electron chi connectivity index (χ2n) is 3.20. The summed E-state index contributed by atoms with van der Waals surface area (Å²) in [6.07, 6.45) is 0. The molecule has 2 aromatic rings. The molecule has 0 aliphatic heterocycles. The van der Waals surface area contributed by atoms with Gasteiger partial charge in [-0.25, -0.2) is 8.78 Å². The normalized spacial score (nSPS) is 10.7. The number of hydrogen-bond acceptors (Lipinski definition) is 4. The van der Waals surface area contributed by atoms with Gasteiger partial charge in [-0.05, 0) is 19.2 Å². The summed E-state index contributed by atoms with van der Waals surface area (Å²) >= 11 is 0. The molecule has 1 aromatic carbocycles. The van der Waals surface area contributed by atoms with E-state index in [1.165, 1.54) is 0 Å². The Morgan fingerprint density at radius 3 is 2.56 bits per heavy atom. The molecule has 0 unspecified atom stereocenters. The molecule has 2 rings (SSSR count). The third-order valence-corrected chi connectivity index (χ3v) is 1.91. The lowest BCUT2D eigenvalue weighted by Gasteiger charge is -1.95. The molecule has 0 saturated heterocycles. The van der Waals surface area contributed by atoms with Crippen LogP contribution in [0, 0.1) is 11.6 Å². The molecule has 4 nitrogen and oxygen atoms in total. The van der Waals surface area contributed by atoms with E-state index < -0.39 is 11.6 Å². The summed E-state index contributed by atoms with van der Waals surface area (Å²) in [6, 6.07) is 3.06. The Balaban J connectivity index is 2.34. The highest BCUT2D eigenvalue weighted by atomic mass is 19.1. The molecule has 0 aliphatic rings. The first kappa shape index (κ1) is 10.7. The third-order valence-electron chi connectivity index (χ3n) is 1.91. The van der Waals surface area contributed by atoms with Crippen LogP contribution in [0.4, 0.5) is 8.78 Å². The van der Waals surface area contributed by atoms with Crippen molar-refractivity contribution in [3.05, 3.63) is 35.7 Å². The third kappa shape index (κ3) is 2.22. The van der Waals surface area contributed by atoms with Crippen molar-refractivity contribution in [3.63, 3.8) is 0 Å². The van der Waals surface area contributed by atoms with Crippen molar-refractivity contribution in [2.45, 2.75) is 6.54 Å². The molecule has 6 heteroatoms. The van der Waals surface area contributed by atoms with E-state index in [0.717, 1.165) is 18.2 Å². The minimum Gasteiger partial charge on any atom is -0.334 e. The number of aromatic nitrogens is 2. The van der Waals surface area contributed by atoms with Crippen LogP contribution in [0.5, 0.6) is 0 Å². The molecule has 0 radical (unpaired) electrons. The van der Waals surface area contributed by atoms with Gasteiger partial charge in [-0.15, -0.1) is 0 Å². The van der Waals surface area contributed by atoms with E-state index in [1.807, 2.05) is 0 Å². The summed E-state index contributed by atoms with van der Waals surface area (Å²) < 4.78 is 30.7. The topological polar surface area (TPSA) is 51.0 Å². The fourth-order valence-corrected chi connectivity index (χ4v) is 1.28. The molecule has 1 N–H and O–H groups in total. The highest BCUT2D eigenvalue weighted by Crippen LogP contribution is 2.19. The van der Waals surface area contributed by atoms with Crippen LogP contribution in [0.25, 0.3) is 11.5 Å². The summed E-state index contributed by atoms with van der Waals surface area (Å²) in [5.41, 5.74) is 0.229. The van der Waals surface area contributed by atoms with Crippen LogP contribution in [0.15, 0.2) is 22.7 Å². The fraction of sp³-hybridized carbons (Fsp3) is 0.200. The average molecular weight is 225 g/mol. The van der Waals surface area contributed by atoms with Crippen LogP contribution in [-0.4, -0.2) is 17.2 Å². The lowest BCUT2D eigenvalue weighted by molar-refractivity contribution is 0.420. The van der Waals surface area contributed by atoms with Gasteiger partial charge in [0.05, 0.1) is 6.54 Å². The van der Waals surface area contributed by atoms with Gasteiger partial charge in [-0.3, -0.25) is 0 Å². The van der Waals surface area contributed by atoms with Gasteiger partial charge in [0, 0.05) is 11.6 Å². The molecule has 1 aromatic heterocycles. The maximum atomic E-state index is 12.9. The van der Waals surface area contributed by atoms with Gasteiger partial charge in [0.1, 0.15) is 11.6 Å². The molecule has 84 valence electrons. The molecule has 0 saturated carbocycles. The van der Waals surface area contributed by atoms with Crippen LogP contribution < -0.4 is 5.32 Å². The van der Waals surface area contributed by atoms with E-state index in [0.29, 0.717) is 12.4 Å². The maximum absolute atomic E-state index is 12.9. The second kappa shape index (κ2) is 4.36. The smallest absolute Gasteiger partial charge is 0.258 e. The Morgan fingerprint density at radius 1 is 1.25 bits per heavy atom. The molecular weight excluding hydrogens is 216 g/mol. The van der Waals surface area contributed by atoms with Gasteiger partial charge in [0.15, 0.2) is 5.82 Å². The second-order valence-corrected chi connectivity index (χ2v) is 3.20. The van der Waals surface area contributed by atoms with Crippen molar-refractivity contribution in [1.29, 1.82) is 0 Å². The first-order chi connectivity index (χ1) is 7.69. The molecule has 0 amide bonds. The van der Waals surface area contributed by atoms with Gasteiger partial charge in [0.2, 0.25) is 0 Å². The zero-order valence-corrected chi connectivity index (χ0v) is 8.50. The summed E-state index contributed by atoms with van der Waals surface area (Å²) in [4.78, 5) is 3.98. The molecule has 0 aliphatic carbocycles. The number of nitrogens with zero attached hydrogens (tertiary/aromatic N) is 2. The number of hydrogen-bond donors (Lipinski definition) is 1. The van der Waals surface area contributed by atoms with Crippen molar-refractivity contribution < 1.29 is 13.3 Å². The molecule has 16 heavy (non-hydrogen) atoms. The van der Waals surface area contributed by atoms with Gasteiger partial charge in [0.25, 0.3) is 5.89 Å². The molecule has 0 atom stereocenters. The summed E-state index contributed by atoms with van der Waals surface area (Å²) in [7, 11) is 1.73. The van der Waals surface area contributed by atoms with Gasteiger partial charge in [-0.1, -0.05) is 5.16 Å². The summed E-state index contributed by atoms with van der Waals surface area (Å²) in [6.45, 7) is 0.432. The predicted molar refractivity (Wildman–Crippen MR) is 52.4 cm³/mol. The Kier molecular flexibility index (Phi) is 2.91. The lowest BCUT2D eigenvalue weighted by atomic mass is 10.2. The predicted octanol–water partition coefficient (Wildman–Crippen LogP) is 1.73. The van der Waals surface area contributed by atoms with E-state index in [1.54, 1.807) is 7.05 Å². The Hall–Kier alpha value is -1.82. The van der Waals surface area contributed by atoms with Crippen LogP contribution in [0.2, 0.25) is 0 Å². The Morgan fingerprint density at radius 2 is 1.94 bits per heavy atom. The van der Waals surface area contributed by atoms with E-state index in [9.17, 15) is 8.78 Å². The number of rotatable bonds is 3. The maximum Gasteiger partial charge on any atom is 0.258 e. The highest BCUT2D eigenvalue weighted by molar-refractivity contribution is 5.52. The molecule has 0 bridgehead atoms. The summed E-state index contributed by atoms with van der Waals surface area (Å²) in [5, 5.41) is 6.49. The van der Waals surface area contributed by atoms with Gasteiger partial charge >= 0.3 is 0 Å². The number of nitrogens with one attached hydrogen (secondary N) is 1. The van der Waals surface area contributed by atoms with Crippen molar-refractivity contribution in [2.75, 3.05) is 7.05 Å². The van der Waals surface area contributed by atoms with E-state index >= 15 is 0 Å². The quantitative estimate of drug-likeness (QED) is 0.864. The van der Waals surface area contributed by atoms with Gasteiger partial charge < -0.3 is 9.84 Å². The van der Waals surface area contributed by atoms with Crippen LogP contribution >= 0.6 is 0 Å². The van der Waals surface area contributed by atoms with Crippen molar-refractivity contribution in [2.24, 2.45) is 0 Å². The molecule has 1 heterocycles. The van der Waals surface area contributed by atoms with E-state index in [4.69, 9.17) is 4.52 Å². The zero-order chi connectivity index (χ0) is 11.5. The van der Waals surface area contributed by atoms with Crippen molar-refractivity contribution >= 4 is 0 Å². The lowest BCUT2D eigenvalue weighted by Crippen LogP contribution is -2.06. The van der Waals surface area contributed by atoms with Crippen molar-refractivity contribution in [1.82, 2.24) is 15.5 Å². The van der Waals surface area contributed by atoms with E-state index in [2.05, 4.69) is 15.5 Å². The SMILES string of the molecule is CNCc1noc(-c2cc(F)cc(F)c2)n1. The minimum absolute atomic E-state index is 0.101. The first-order valence-corrected chi connectivity index (χ1v) is 4.62. The van der Waals surface area contributed by atoms with Crippen LogP contribution in [-0.2, 0) is 6.54 Å².